The van der Waals surface area contributed by atoms with Crippen molar-refractivity contribution < 1.29 is 4.39 Å². The summed E-state index contributed by atoms with van der Waals surface area (Å²) in [5, 5.41) is 3.01. The van der Waals surface area contributed by atoms with Crippen LogP contribution in [0.4, 0.5) is 10.1 Å². The molecule has 11 heavy (non-hydrogen) atoms. The number of rotatable bonds is 2. The first-order chi connectivity index (χ1) is 5.25. The van der Waals surface area contributed by atoms with Crippen LogP contribution in [0.25, 0.3) is 0 Å². The topological polar surface area (TPSA) is 12.0 Å². The Bertz CT molecular complexity index is 250. The number of hydrogen-bond donors (Lipinski definition) is 1. The molecule has 0 saturated heterocycles. The second-order valence-electron chi connectivity index (χ2n) is 2.13. The molecule has 0 saturated carbocycles. The van der Waals surface area contributed by atoms with E-state index in [1.165, 1.54) is 6.07 Å². The Morgan fingerprint density at radius 3 is 2.91 bits per heavy atom. The van der Waals surface area contributed by atoms with Crippen LogP contribution in [0.1, 0.15) is 6.92 Å². The minimum absolute atomic E-state index is 0.156. The summed E-state index contributed by atoms with van der Waals surface area (Å²) in [4.78, 5) is 0. The Hall–Kier alpha value is -0.760. The third-order valence-electron chi connectivity index (χ3n) is 1.32. The molecule has 0 aliphatic carbocycles. The molecule has 1 aromatic rings. The lowest BCUT2D eigenvalue weighted by Gasteiger charge is -2.04. The third kappa shape index (κ3) is 1.84. The Morgan fingerprint density at radius 1 is 1.55 bits per heavy atom. The largest absolute Gasteiger partial charge is 0.383 e. The normalized spacial score (nSPS) is 9.73. The van der Waals surface area contributed by atoms with Gasteiger partial charge in [0, 0.05) is 6.54 Å². The minimum Gasteiger partial charge on any atom is -0.383 e. The van der Waals surface area contributed by atoms with Gasteiger partial charge in [-0.3, -0.25) is 0 Å². The van der Waals surface area contributed by atoms with Crippen LogP contribution in [0.5, 0.6) is 0 Å². The molecule has 0 aliphatic heterocycles. The predicted octanol–water partition coefficient (Wildman–Crippen LogP) is 2.91. The maximum atomic E-state index is 13.0. The number of nitrogens with one attached hydrogen (secondary N) is 1. The monoisotopic (exact) mass is 173 g/mol. The van der Waals surface area contributed by atoms with Crippen LogP contribution < -0.4 is 5.32 Å². The molecule has 0 amide bonds. The van der Waals surface area contributed by atoms with Crippen LogP contribution in [0, 0.1) is 5.82 Å². The molecule has 0 fully saturated rings. The number of benzene rings is 1. The molecule has 3 heteroatoms. The quantitative estimate of drug-likeness (QED) is 0.725. The van der Waals surface area contributed by atoms with Gasteiger partial charge in [0.05, 0.1) is 10.7 Å². The summed E-state index contributed by atoms with van der Waals surface area (Å²) < 4.78 is 13.0. The van der Waals surface area contributed by atoms with Crippen molar-refractivity contribution >= 4 is 17.3 Å². The molecule has 0 radical (unpaired) electrons. The zero-order valence-corrected chi connectivity index (χ0v) is 6.95. The number of anilines is 1. The summed E-state index contributed by atoms with van der Waals surface area (Å²) in [5.41, 5.74) is 0.458. The smallest absolute Gasteiger partial charge is 0.164 e. The fourth-order valence-corrected chi connectivity index (χ4v) is 1.01. The summed E-state index contributed by atoms with van der Waals surface area (Å²) in [5.74, 6) is -0.379. The van der Waals surface area contributed by atoms with Crippen molar-refractivity contribution in [2.24, 2.45) is 0 Å². The Kier molecular flexibility index (Phi) is 2.71. The van der Waals surface area contributed by atoms with Crippen molar-refractivity contribution in [3.63, 3.8) is 0 Å². The molecule has 1 aromatic carbocycles. The number of hydrogen-bond acceptors (Lipinski definition) is 1. The molecule has 0 aromatic heterocycles. The van der Waals surface area contributed by atoms with Gasteiger partial charge in [-0.25, -0.2) is 4.39 Å². The third-order valence-corrected chi connectivity index (χ3v) is 1.61. The van der Waals surface area contributed by atoms with Gasteiger partial charge in [-0.05, 0) is 19.1 Å². The predicted molar refractivity (Wildman–Crippen MR) is 45.6 cm³/mol. The number of halogens is 2. The summed E-state index contributed by atoms with van der Waals surface area (Å²) >= 11 is 5.53. The van der Waals surface area contributed by atoms with Gasteiger partial charge in [-0.2, -0.15) is 0 Å². The zero-order chi connectivity index (χ0) is 8.27. The van der Waals surface area contributed by atoms with E-state index < -0.39 is 0 Å². The SMILES string of the molecule is CCNc1cccc(Cl)c1F. The molecule has 1 nitrogen and oxygen atoms in total. The van der Waals surface area contributed by atoms with E-state index in [9.17, 15) is 4.39 Å². The van der Waals surface area contributed by atoms with Crippen LogP contribution in [-0.4, -0.2) is 6.54 Å². The van der Waals surface area contributed by atoms with E-state index >= 15 is 0 Å². The Balaban J connectivity index is 2.96. The van der Waals surface area contributed by atoms with E-state index in [1.54, 1.807) is 12.1 Å². The van der Waals surface area contributed by atoms with Gasteiger partial charge in [0.15, 0.2) is 5.82 Å². The molecule has 60 valence electrons. The first-order valence-electron chi connectivity index (χ1n) is 3.43. The average molecular weight is 174 g/mol. The Labute approximate surface area is 70.2 Å². The highest BCUT2D eigenvalue weighted by atomic mass is 35.5. The van der Waals surface area contributed by atoms with E-state index in [0.717, 1.165) is 0 Å². The van der Waals surface area contributed by atoms with Crippen LogP contribution in [0.15, 0.2) is 18.2 Å². The van der Waals surface area contributed by atoms with E-state index in [1.807, 2.05) is 6.92 Å². The van der Waals surface area contributed by atoms with Crippen LogP contribution in [0.2, 0.25) is 5.02 Å². The minimum atomic E-state index is -0.379. The maximum absolute atomic E-state index is 13.0. The average Bonchev–Trinajstić information content (AvgIpc) is 1.99. The molecule has 1 N–H and O–H groups in total. The zero-order valence-electron chi connectivity index (χ0n) is 6.20. The van der Waals surface area contributed by atoms with Gasteiger partial charge in [0.25, 0.3) is 0 Å². The van der Waals surface area contributed by atoms with Gasteiger partial charge in [0.1, 0.15) is 0 Å². The fourth-order valence-electron chi connectivity index (χ4n) is 0.831. The molecule has 0 aliphatic rings. The second-order valence-corrected chi connectivity index (χ2v) is 2.54. The first-order valence-corrected chi connectivity index (χ1v) is 3.81. The highest BCUT2D eigenvalue weighted by Gasteiger charge is 2.03. The molecule has 0 spiro atoms. The molecule has 0 heterocycles. The summed E-state index contributed by atoms with van der Waals surface area (Å²) in [6.07, 6.45) is 0. The van der Waals surface area contributed by atoms with Crippen LogP contribution in [0.3, 0.4) is 0 Å². The fraction of sp³-hybridized carbons (Fsp3) is 0.250. The van der Waals surface area contributed by atoms with Gasteiger partial charge in [-0.15, -0.1) is 0 Å². The molecule has 0 unspecified atom stereocenters. The summed E-state index contributed by atoms with van der Waals surface area (Å²) in [7, 11) is 0. The van der Waals surface area contributed by atoms with E-state index in [4.69, 9.17) is 11.6 Å². The van der Waals surface area contributed by atoms with Crippen molar-refractivity contribution in [2.45, 2.75) is 6.92 Å². The maximum Gasteiger partial charge on any atom is 0.164 e. The molecular formula is C8H9ClFN. The van der Waals surface area contributed by atoms with E-state index in [2.05, 4.69) is 5.32 Å². The van der Waals surface area contributed by atoms with Crippen molar-refractivity contribution in [3.05, 3.63) is 29.0 Å². The molecule has 0 bridgehead atoms. The van der Waals surface area contributed by atoms with Crippen molar-refractivity contribution in [1.29, 1.82) is 0 Å². The standard InChI is InChI=1S/C8H9ClFN/c1-2-11-7-5-3-4-6(9)8(7)10/h3-5,11H,2H2,1H3. The molecule has 1 rings (SSSR count). The van der Waals surface area contributed by atoms with Crippen molar-refractivity contribution in [1.82, 2.24) is 0 Å². The second kappa shape index (κ2) is 3.58. The summed E-state index contributed by atoms with van der Waals surface area (Å²) in [6, 6.07) is 4.89. The first kappa shape index (κ1) is 8.34. The summed E-state index contributed by atoms with van der Waals surface area (Å²) in [6.45, 7) is 2.59. The van der Waals surface area contributed by atoms with E-state index in [-0.39, 0.29) is 10.8 Å². The highest BCUT2D eigenvalue weighted by molar-refractivity contribution is 6.31. The molecular weight excluding hydrogens is 165 g/mol. The lowest BCUT2D eigenvalue weighted by atomic mass is 10.3. The Morgan fingerprint density at radius 2 is 2.27 bits per heavy atom. The van der Waals surface area contributed by atoms with Gasteiger partial charge in [0.2, 0.25) is 0 Å². The highest BCUT2D eigenvalue weighted by Crippen LogP contribution is 2.21. The lowest BCUT2D eigenvalue weighted by molar-refractivity contribution is 0.631. The van der Waals surface area contributed by atoms with Crippen molar-refractivity contribution in [2.75, 3.05) is 11.9 Å². The van der Waals surface area contributed by atoms with Crippen molar-refractivity contribution in [3.8, 4) is 0 Å². The lowest BCUT2D eigenvalue weighted by Crippen LogP contribution is -1.98. The van der Waals surface area contributed by atoms with Gasteiger partial charge < -0.3 is 5.32 Å². The van der Waals surface area contributed by atoms with Gasteiger partial charge >= 0.3 is 0 Å². The van der Waals surface area contributed by atoms with Crippen LogP contribution >= 0.6 is 11.6 Å². The van der Waals surface area contributed by atoms with E-state index in [0.29, 0.717) is 12.2 Å². The van der Waals surface area contributed by atoms with Gasteiger partial charge in [-0.1, -0.05) is 17.7 Å². The molecule has 0 atom stereocenters. The van der Waals surface area contributed by atoms with Crippen LogP contribution in [-0.2, 0) is 0 Å².